The molecule has 0 saturated heterocycles. The Kier molecular flexibility index (Phi) is 4.69. The molecule has 1 aliphatic heterocycles. The van der Waals surface area contributed by atoms with Crippen molar-refractivity contribution in [2.75, 3.05) is 23.8 Å². The molecule has 114 valence electrons. The molecule has 0 fully saturated rings. The summed E-state index contributed by atoms with van der Waals surface area (Å²) in [4.78, 5) is 23.4. The molecular weight excluding hydrogens is 294 g/mol. The number of nitrogens with two attached hydrogens (primary N) is 1. The number of carbonyl (C=O) groups is 2. The number of carbonyl (C=O) groups excluding carboxylic acids is 2. The number of rotatable bonds is 4. The lowest BCUT2D eigenvalue weighted by Crippen LogP contribution is -2.33. The summed E-state index contributed by atoms with van der Waals surface area (Å²) in [6.45, 7) is 4.08. The van der Waals surface area contributed by atoms with E-state index in [2.05, 4.69) is 10.6 Å². The molecule has 1 aliphatic rings. The highest BCUT2D eigenvalue weighted by Crippen LogP contribution is 2.36. The van der Waals surface area contributed by atoms with Crippen molar-refractivity contribution in [2.45, 2.75) is 13.8 Å². The lowest BCUT2D eigenvalue weighted by atomic mass is 9.95. The number of ether oxygens (including phenoxy) is 1. The maximum Gasteiger partial charge on any atom is 0.262 e. The zero-order valence-corrected chi connectivity index (χ0v) is 12.7. The van der Waals surface area contributed by atoms with E-state index in [0.29, 0.717) is 22.1 Å². The van der Waals surface area contributed by atoms with E-state index >= 15 is 0 Å². The number of amides is 2. The maximum atomic E-state index is 12.2. The topological polar surface area (TPSA) is 93.5 Å². The molecule has 7 heteroatoms. The Balaban J connectivity index is 2.21. The van der Waals surface area contributed by atoms with Crippen LogP contribution >= 0.6 is 11.6 Å². The van der Waals surface area contributed by atoms with Crippen molar-refractivity contribution in [1.29, 1.82) is 0 Å². The Hall–Kier alpha value is -1.79. The lowest BCUT2D eigenvalue weighted by Gasteiger charge is -2.22. The molecule has 0 bridgehead atoms. The maximum absolute atomic E-state index is 12.2. The van der Waals surface area contributed by atoms with Crippen LogP contribution in [-0.4, -0.2) is 25.0 Å². The van der Waals surface area contributed by atoms with E-state index in [1.54, 1.807) is 12.1 Å². The third-order valence-corrected chi connectivity index (χ3v) is 3.67. The van der Waals surface area contributed by atoms with Crippen LogP contribution in [0.5, 0.6) is 5.75 Å². The number of anilines is 2. The zero-order chi connectivity index (χ0) is 15.6. The fourth-order valence-corrected chi connectivity index (χ4v) is 2.31. The summed E-state index contributed by atoms with van der Waals surface area (Å²) in [6, 6.07) is 3.15. The Morgan fingerprint density at radius 2 is 2.24 bits per heavy atom. The fourth-order valence-electron chi connectivity index (χ4n) is 2.10. The third kappa shape index (κ3) is 3.46. The van der Waals surface area contributed by atoms with Crippen molar-refractivity contribution < 1.29 is 14.3 Å². The van der Waals surface area contributed by atoms with Crippen LogP contribution in [-0.2, 0) is 9.59 Å². The molecule has 2 rings (SSSR count). The second-order valence-corrected chi connectivity index (χ2v) is 5.65. The van der Waals surface area contributed by atoms with Crippen LogP contribution in [0.25, 0.3) is 0 Å². The van der Waals surface area contributed by atoms with Crippen molar-refractivity contribution >= 4 is 34.8 Å². The van der Waals surface area contributed by atoms with Gasteiger partial charge in [-0.1, -0.05) is 25.4 Å². The van der Waals surface area contributed by atoms with Crippen molar-refractivity contribution in [3.05, 3.63) is 17.2 Å². The van der Waals surface area contributed by atoms with Gasteiger partial charge in [-0.25, -0.2) is 0 Å². The molecule has 0 radical (unpaired) electrons. The first-order valence-electron chi connectivity index (χ1n) is 6.69. The van der Waals surface area contributed by atoms with Gasteiger partial charge in [0.1, 0.15) is 5.75 Å². The normalized spacial score (nSPS) is 15.0. The standard InChI is InChI=1S/C14H18ClN3O3/c1-7(2)8(5-16)14(20)18-10-4-12-11(3-9(10)15)17-13(19)6-21-12/h3-4,7-8H,5-6,16H2,1-2H3,(H,17,19)(H,18,20). The molecule has 21 heavy (non-hydrogen) atoms. The summed E-state index contributed by atoms with van der Waals surface area (Å²) in [5, 5.41) is 5.74. The van der Waals surface area contributed by atoms with Gasteiger partial charge in [-0.15, -0.1) is 0 Å². The quantitative estimate of drug-likeness (QED) is 0.791. The van der Waals surface area contributed by atoms with Gasteiger partial charge in [-0.05, 0) is 12.0 Å². The third-order valence-electron chi connectivity index (χ3n) is 3.36. The summed E-state index contributed by atoms with van der Waals surface area (Å²) in [7, 11) is 0. The van der Waals surface area contributed by atoms with Crippen LogP contribution < -0.4 is 21.1 Å². The van der Waals surface area contributed by atoms with E-state index in [0.717, 1.165) is 0 Å². The molecule has 2 amide bonds. The fraction of sp³-hybridized carbons (Fsp3) is 0.429. The Morgan fingerprint density at radius 3 is 2.86 bits per heavy atom. The zero-order valence-electron chi connectivity index (χ0n) is 11.9. The van der Waals surface area contributed by atoms with E-state index in [1.165, 1.54) is 0 Å². The highest BCUT2D eigenvalue weighted by molar-refractivity contribution is 6.34. The van der Waals surface area contributed by atoms with E-state index < -0.39 is 0 Å². The molecule has 4 N–H and O–H groups in total. The highest BCUT2D eigenvalue weighted by Gasteiger charge is 2.23. The number of hydrogen-bond donors (Lipinski definition) is 3. The first-order valence-corrected chi connectivity index (χ1v) is 7.07. The molecule has 1 aromatic carbocycles. The van der Waals surface area contributed by atoms with E-state index in [-0.39, 0.29) is 36.8 Å². The van der Waals surface area contributed by atoms with Gasteiger partial charge in [0.05, 0.1) is 22.3 Å². The number of fused-ring (bicyclic) bond motifs is 1. The van der Waals surface area contributed by atoms with Crippen LogP contribution in [0.2, 0.25) is 5.02 Å². The molecule has 1 heterocycles. The van der Waals surface area contributed by atoms with Crippen LogP contribution in [0.3, 0.4) is 0 Å². The predicted octanol–water partition coefficient (Wildman–Crippen LogP) is 1.84. The van der Waals surface area contributed by atoms with Crippen LogP contribution in [0.15, 0.2) is 12.1 Å². The SMILES string of the molecule is CC(C)C(CN)C(=O)Nc1cc2c(cc1Cl)NC(=O)CO2. The predicted molar refractivity (Wildman–Crippen MR) is 81.6 cm³/mol. The number of nitrogens with one attached hydrogen (secondary N) is 2. The number of hydrogen-bond acceptors (Lipinski definition) is 4. The van der Waals surface area contributed by atoms with Gasteiger partial charge in [0.25, 0.3) is 5.91 Å². The van der Waals surface area contributed by atoms with Crippen molar-refractivity contribution in [1.82, 2.24) is 0 Å². The van der Waals surface area contributed by atoms with Crippen molar-refractivity contribution in [2.24, 2.45) is 17.6 Å². The molecule has 1 atom stereocenters. The summed E-state index contributed by atoms with van der Waals surface area (Å²) < 4.78 is 5.30. The van der Waals surface area contributed by atoms with Crippen molar-refractivity contribution in [3.8, 4) is 5.75 Å². The summed E-state index contributed by atoms with van der Waals surface area (Å²) in [6.07, 6.45) is 0. The molecule has 1 unspecified atom stereocenters. The van der Waals surface area contributed by atoms with E-state index in [9.17, 15) is 9.59 Å². The number of benzene rings is 1. The van der Waals surface area contributed by atoms with Gasteiger partial charge < -0.3 is 21.1 Å². The van der Waals surface area contributed by atoms with Gasteiger partial charge in [-0.3, -0.25) is 9.59 Å². The molecule has 0 saturated carbocycles. The second-order valence-electron chi connectivity index (χ2n) is 5.24. The summed E-state index contributed by atoms with van der Waals surface area (Å²) in [5.41, 5.74) is 6.56. The van der Waals surface area contributed by atoms with Crippen LogP contribution in [0, 0.1) is 11.8 Å². The Bertz CT molecular complexity index is 575. The summed E-state index contributed by atoms with van der Waals surface area (Å²) >= 11 is 6.13. The average molecular weight is 312 g/mol. The molecule has 6 nitrogen and oxygen atoms in total. The minimum absolute atomic E-state index is 0.0561. The minimum atomic E-state index is -0.294. The average Bonchev–Trinajstić information content (AvgIpc) is 2.40. The largest absolute Gasteiger partial charge is 0.482 e. The first kappa shape index (κ1) is 15.6. The lowest BCUT2D eigenvalue weighted by molar-refractivity contribution is -0.121. The number of halogens is 1. The molecule has 0 aromatic heterocycles. The molecular formula is C14H18ClN3O3. The monoisotopic (exact) mass is 311 g/mol. The molecule has 0 spiro atoms. The van der Waals surface area contributed by atoms with E-state index in [4.69, 9.17) is 22.1 Å². The molecule has 0 aliphatic carbocycles. The minimum Gasteiger partial charge on any atom is -0.482 e. The highest BCUT2D eigenvalue weighted by atomic mass is 35.5. The van der Waals surface area contributed by atoms with E-state index in [1.807, 2.05) is 13.8 Å². The van der Waals surface area contributed by atoms with Crippen LogP contribution in [0.1, 0.15) is 13.8 Å². The summed E-state index contributed by atoms with van der Waals surface area (Å²) in [5.74, 6) is -0.115. The second kappa shape index (κ2) is 6.32. The molecule has 1 aromatic rings. The smallest absolute Gasteiger partial charge is 0.262 e. The Labute approximate surface area is 128 Å². The van der Waals surface area contributed by atoms with Crippen molar-refractivity contribution in [3.63, 3.8) is 0 Å². The van der Waals surface area contributed by atoms with Gasteiger partial charge in [0.15, 0.2) is 6.61 Å². The van der Waals surface area contributed by atoms with Gasteiger partial charge in [-0.2, -0.15) is 0 Å². The van der Waals surface area contributed by atoms with Gasteiger partial charge >= 0.3 is 0 Å². The van der Waals surface area contributed by atoms with Gasteiger partial charge in [0.2, 0.25) is 5.91 Å². The van der Waals surface area contributed by atoms with Gasteiger partial charge in [0, 0.05) is 12.6 Å². The Morgan fingerprint density at radius 1 is 1.52 bits per heavy atom. The van der Waals surface area contributed by atoms with Crippen LogP contribution in [0.4, 0.5) is 11.4 Å². The first-order chi connectivity index (χ1) is 9.92.